The summed E-state index contributed by atoms with van der Waals surface area (Å²) in [6, 6.07) is 8.24. The zero-order chi connectivity index (χ0) is 15.8. The minimum absolute atomic E-state index is 0.757. The molecular formula is C16H22Cl2CuN2. The van der Waals surface area contributed by atoms with Crippen molar-refractivity contribution in [2.45, 2.75) is 39.5 Å². The SMILES string of the molecule is CCCc1ccncc1.CCCc1ccncc1.[Cl][Cu][Cl]. The molecule has 2 aromatic rings. The van der Waals surface area contributed by atoms with Crippen LogP contribution in [0.25, 0.3) is 0 Å². The van der Waals surface area contributed by atoms with Gasteiger partial charge in [-0.3, -0.25) is 9.97 Å². The fourth-order valence-electron chi connectivity index (χ4n) is 1.68. The van der Waals surface area contributed by atoms with Crippen LogP contribution in [0.4, 0.5) is 0 Å². The van der Waals surface area contributed by atoms with E-state index in [1.54, 1.807) is 0 Å². The first-order chi connectivity index (χ1) is 10.3. The molecule has 0 atom stereocenters. The van der Waals surface area contributed by atoms with Gasteiger partial charge in [-0.2, -0.15) is 0 Å². The van der Waals surface area contributed by atoms with Crippen molar-refractivity contribution in [3.63, 3.8) is 0 Å². The van der Waals surface area contributed by atoms with Gasteiger partial charge in [-0.15, -0.1) is 0 Å². The van der Waals surface area contributed by atoms with Crippen LogP contribution in [0.3, 0.4) is 0 Å². The second-order valence-corrected chi connectivity index (χ2v) is 5.81. The van der Waals surface area contributed by atoms with Crippen LogP contribution < -0.4 is 0 Å². The predicted molar refractivity (Wildman–Crippen MR) is 88.2 cm³/mol. The van der Waals surface area contributed by atoms with Crippen LogP contribution in [-0.2, 0) is 26.0 Å². The maximum absolute atomic E-state index is 4.67. The van der Waals surface area contributed by atoms with Gasteiger partial charge in [0.05, 0.1) is 0 Å². The average molecular weight is 377 g/mol. The zero-order valence-electron chi connectivity index (χ0n) is 12.4. The van der Waals surface area contributed by atoms with Crippen LogP contribution in [0.5, 0.6) is 0 Å². The molecule has 0 unspecified atom stereocenters. The molecule has 2 aromatic heterocycles. The molecule has 0 spiro atoms. The Morgan fingerprint density at radius 2 is 1.05 bits per heavy atom. The third-order valence-corrected chi connectivity index (χ3v) is 2.58. The van der Waals surface area contributed by atoms with Crippen molar-refractivity contribution in [2.24, 2.45) is 0 Å². The molecule has 0 aliphatic heterocycles. The Hall–Kier alpha value is -0.601. The fourth-order valence-corrected chi connectivity index (χ4v) is 1.68. The normalized spacial score (nSPS) is 9.14. The number of pyridine rings is 2. The summed E-state index contributed by atoms with van der Waals surface area (Å²) in [7, 11) is 9.34. The van der Waals surface area contributed by atoms with Crippen molar-refractivity contribution < 1.29 is 13.1 Å². The van der Waals surface area contributed by atoms with E-state index in [0.717, 1.165) is 13.1 Å². The Morgan fingerprint density at radius 3 is 1.29 bits per heavy atom. The molecule has 0 saturated carbocycles. The standard InChI is InChI=1S/2C8H11N.2ClH.Cu/c2*1-2-3-8-4-6-9-7-5-8;;;/h2*4-7H,2-3H2,1H3;2*1H;/q;;;;+2/p-2. The van der Waals surface area contributed by atoms with E-state index in [2.05, 4.69) is 68.3 Å². The molecule has 0 aliphatic carbocycles. The third kappa shape index (κ3) is 12.8. The van der Waals surface area contributed by atoms with E-state index < -0.39 is 0 Å². The van der Waals surface area contributed by atoms with Crippen molar-refractivity contribution in [1.29, 1.82) is 0 Å². The summed E-state index contributed by atoms with van der Waals surface area (Å²) >= 11 is 0.757. The molecule has 2 heterocycles. The van der Waals surface area contributed by atoms with Crippen LogP contribution in [0.1, 0.15) is 37.8 Å². The Bertz CT molecular complexity index is 385. The van der Waals surface area contributed by atoms with Crippen LogP contribution in [0.2, 0.25) is 0 Å². The van der Waals surface area contributed by atoms with Gasteiger partial charge >= 0.3 is 33.3 Å². The predicted octanol–water partition coefficient (Wildman–Crippen LogP) is 5.44. The van der Waals surface area contributed by atoms with Crippen LogP contribution >= 0.6 is 20.2 Å². The minimum atomic E-state index is 0.757. The molecular weight excluding hydrogens is 355 g/mol. The molecule has 0 amide bonds. The average Bonchev–Trinajstić information content (AvgIpc) is 2.52. The second kappa shape index (κ2) is 15.8. The van der Waals surface area contributed by atoms with Gasteiger partial charge < -0.3 is 0 Å². The summed E-state index contributed by atoms with van der Waals surface area (Å²) < 4.78 is 0. The Kier molecular flexibility index (Phi) is 15.3. The van der Waals surface area contributed by atoms with Gasteiger partial charge in [-0.05, 0) is 48.2 Å². The first-order valence-electron chi connectivity index (χ1n) is 6.87. The van der Waals surface area contributed by atoms with Gasteiger partial charge in [0.15, 0.2) is 0 Å². The quantitative estimate of drug-likeness (QED) is 0.663. The summed E-state index contributed by atoms with van der Waals surface area (Å²) in [6.45, 7) is 4.36. The van der Waals surface area contributed by atoms with Crippen molar-refractivity contribution in [3.05, 3.63) is 60.2 Å². The van der Waals surface area contributed by atoms with Crippen molar-refractivity contribution in [2.75, 3.05) is 0 Å². The molecule has 0 aromatic carbocycles. The molecule has 0 aliphatic rings. The van der Waals surface area contributed by atoms with E-state index in [1.165, 1.54) is 36.8 Å². The molecule has 0 N–H and O–H groups in total. The zero-order valence-corrected chi connectivity index (χ0v) is 14.9. The van der Waals surface area contributed by atoms with Crippen molar-refractivity contribution in [3.8, 4) is 0 Å². The monoisotopic (exact) mass is 375 g/mol. The molecule has 0 saturated heterocycles. The molecule has 0 radical (unpaired) electrons. The maximum atomic E-state index is 4.67. The third-order valence-electron chi connectivity index (χ3n) is 2.58. The topological polar surface area (TPSA) is 25.8 Å². The molecule has 0 bridgehead atoms. The number of aryl methyl sites for hydroxylation is 2. The molecule has 2 rings (SSSR count). The summed E-state index contributed by atoms with van der Waals surface area (Å²) in [5.41, 5.74) is 2.76. The van der Waals surface area contributed by atoms with Gasteiger partial charge in [0.1, 0.15) is 0 Å². The Morgan fingerprint density at radius 1 is 0.762 bits per heavy atom. The summed E-state index contributed by atoms with van der Waals surface area (Å²) in [5.74, 6) is 0. The van der Waals surface area contributed by atoms with Gasteiger partial charge in [0.2, 0.25) is 0 Å². The summed E-state index contributed by atoms with van der Waals surface area (Å²) in [4.78, 5) is 7.86. The number of hydrogen-bond donors (Lipinski definition) is 0. The van der Waals surface area contributed by atoms with E-state index in [-0.39, 0.29) is 0 Å². The first-order valence-corrected chi connectivity index (χ1v) is 9.46. The van der Waals surface area contributed by atoms with Crippen LogP contribution in [0, 0.1) is 0 Å². The Balaban J connectivity index is 0.000000322. The van der Waals surface area contributed by atoms with E-state index in [4.69, 9.17) is 0 Å². The van der Waals surface area contributed by atoms with Crippen molar-refractivity contribution >= 4 is 20.2 Å². The molecule has 121 valence electrons. The van der Waals surface area contributed by atoms with Gasteiger partial charge in [0, 0.05) is 24.8 Å². The summed E-state index contributed by atoms with van der Waals surface area (Å²) in [5, 5.41) is 0. The fraction of sp³-hybridized carbons (Fsp3) is 0.375. The van der Waals surface area contributed by atoms with E-state index in [1.807, 2.05) is 24.8 Å². The number of aromatic nitrogens is 2. The van der Waals surface area contributed by atoms with Gasteiger partial charge in [-0.25, -0.2) is 0 Å². The molecule has 0 fully saturated rings. The van der Waals surface area contributed by atoms with Crippen LogP contribution in [-0.4, -0.2) is 9.97 Å². The molecule has 21 heavy (non-hydrogen) atoms. The number of halogens is 2. The van der Waals surface area contributed by atoms with E-state index in [9.17, 15) is 0 Å². The van der Waals surface area contributed by atoms with Gasteiger partial charge in [-0.1, -0.05) is 26.7 Å². The Labute approximate surface area is 142 Å². The van der Waals surface area contributed by atoms with E-state index in [0.29, 0.717) is 0 Å². The number of hydrogen-bond acceptors (Lipinski definition) is 2. The number of rotatable bonds is 4. The first kappa shape index (κ1) is 20.4. The van der Waals surface area contributed by atoms with E-state index >= 15 is 0 Å². The molecule has 2 nitrogen and oxygen atoms in total. The number of nitrogens with zero attached hydrogens (tertiary/aromatic N) is 2. The van der Waals surface area contributed by atoms with Gasteiger partial charge in [0.25, 0.3) is 0 Å². The second-order valence-electron chi connectivity index (χ2n) is 4.25. The summed E-state index contributed by atoms with van der Waals surface area (Å²) in [6.07, 6.45) is 12.1. The van der Waals surface area contributed by atoms with Crippen molar-refractivity contribution in [1.82, 2.24) is 9.97 Å². The van der Waals surface area contributed by atoms with Crippen LogP contribution in [0.15, 0.2) is 49.1 Å². The molecule has 5 heteroatoms.